The van der Waals surface area contributed by atoms with E-state index in [-0.39, 0.29) is 10.9 Å². The molecule has 1 aromatic carbocycles. The standard InChI is InChI=1S/C22H27N7O2/c1-16-19(21(31)20(16)30)28-12-7-22(8-13-28)5-10-27(11-6-22)9-4-17-2-3-18(14-23-17)29-15-24-25-26-29/h2-3,14-15H,4-13H2,1H3. The Kier molecular flexibility index (Phi) is 5.13. The second-order valence-corrected chi connectivity index (χ2v) is 8.97. The lowest BCUT2D eigenvalue weighted by Gasteiger charge is -2.47. The highest BCUT2D eigenvalue weighted by Crippen LogP contribution is 2.42. The Hall–Kier alpha value is -2.94. The molecular weight excluding hydrogens is 394 g/mol. The quantitative estimate of drug-likeness (QED) is 0.560. The zero-order valence-corrected chi connectivity index (χ0v) is 17.8. The summed E-state index contributed by atoms with van der Waals surface area (Å²) in [7, 11) is 0. The van der Waals surface area contributed by atoms with E-state index in [0.29, 0.717) is 16.7 Å². The summed E-state index contributed by atoms with van der Waals surface area (Å²) >= 11 is 0. The molecule has 1 spiro atoms. The molecule has 31 heavy (non-hydrogen) atoms. The fourth-order valence-corrected chi connectivity index (χ4v) is 5.08. The molecule has 0 amide bonds. The third-order valence-electron chi connectivity index (χ3n) is 7.28. The van der Waals surface area contributed by atoms with E-state index < -0.39 is 0 Å². The summed E-state index contributed by atoms with van der Waals surface area (Å²) in [6.45, 7) is 6.80. The van der Waals surface area contributed by atoms with Crippen molar-refractivity contribution in [1.82, 2.24) is 30.1 Å². The van der Waals surface area contributed by atoms with Crippen LogP contribution in [0.1, 0.15) is 36.9 Å². The maximum absolute atomic E-state index is 11.9. The molecule has 0 atom stereocenters. The molecule has 3 aromatic rings. The number of pyridine rings is 1. The molecule has 162 valence electrons. The van der Waals surface area contributed by atoms with Crippen molar-refractivity contribution < 1.29 is 0 Å². The molecule has 2 aliphatic heterocycles. The van der Waals surface area contributed by atoms with Crippen molar-refractivity contribution in [2.75, 3.05) is 37.6 Å². The van der Waals surface area contributed by atoms with Gasteiger partial charge in [-0.15, -0.1) is 5.10 Å². The van der Waals surface area contributed by atoms with Crippen molar-refractivity contribution in [3.63, 3.8) is 0 Å². The average Bonchev–Trinajstić information content (AvgIpc) is 3.35. The van der Waals surface area contributed by atoms with E-state index in [2.05, 4.69) is 30.3 Å². The van der Waals surface area contributed by atoms with E-state index in [1.54, 1.807) is 17.9 Å². The van der Waals surface area contributed by atoms with E-state index in [0.717, 1.165) is 63.4 Å². The van der Waals surface area contributed by atoms with Crippen LogP contribution in [0, 0.1) is 12.3 Å². The maximum Gasteiger partial charge on any atom is 0.249 e. The largest absolute Gasteiger partial charge is 0.368 e. The minimum atomic E-state index is -0.303. The third kappa shape index (κ3) is 3.78. The maximum atomic E-state index is 11.9. The molecule has 2 fully saturated rings. The third-order valence-corrected chi connectivity index (χ3v) is 7.28. The van der Waals surface area contributed by atoms with Crippen LogP contribution < -0.4 is 15.8 Å². The first-order valence-electron chi connectivity index (χ1n) is 11.0. The molecule has 4 heterocycles. The molecule has 5 rings (SSSR count). The molecule has 0 N–H and O–H groups in total. The van der Waals surface area contributed by atoms with E-state index in [4.69, 9.17) is 0 Å². The minimum Gasteiger partial charge on any atom is -0.368 e. The minimum absolute atomic E-state index is 0.289. The molecule has 0 aliphatic carbocycles. The van der Waals surface area contributed by atoms with Gasteiger partial charge >= 0.3 is 0 Å². The van der Waals surface area contributed by atoms with Crippen molar-refractivity contribution in [2.45, 2.75) is 39.0 Å². The number of anilines is 1. The van der Waals surface area contributed by atoms with Crippen molar-refractivity contribution in [1.29, 1.82) is 0 Å². The highest BCUT2D eigenvalue weighted by Gasteiger charge is 2.38. The van der Waals surface area contributed by atoms with Crippen LogP contribution in [0.5, 0.6) is 0 Å². The Bertz CT molecular complexity index is 1100. The normalized spacial score (nSPS) is 19.3. The molecule has 0 saturated carbocycles. The fraction of sp³-hybridized carbons (Fsp3) is 0.545. The zero-order chi connectivity index (χ0) is 21.4. The number of rotatable bonds is 5. The van der Waals surface area contributed by atoms with Gasteiger partial charge in [0.25, 0.3) is 0 Å². The van der Waals surface area contributed by atoms with Gasteiger partial charge in [0, 0.05) is 37.3 Å². The van der Waals surface area contributed by atoms with Crippen LogP contribution in [-0.2, 0) is 6.42 Å². The van der Waals surface area contributed by atoms with Crippen LogP contribution in [0.4, 0.5) is 5.69 Å². The molecule has 9 nitrogen and oxygen atoms in total. The lowest BCUT2D eigenvalue weighted by molar-refractivity contribution is 0.0804. The van der Waals surface area contributed by atoms with Crippen molar-refractivity contribution >= 4 is 5.69 Å². The van der Waals surface area contributed by atoms with Gasteiger partial charge in [0.15, 0.2) is 0 Å². The Balaban J connectivity index is 1.10. The molecule has 2 aliphatic rings. The monoisotopic (exact) mass is 421 g/mol. The zero-order valence-electron chi connectivity index (χ0n) is 17.8. The van der Waals surface area contributed by atoms with Gasteiger partial charge in [-0.25, -0.2) is 0 Å². The van der Waals surface area contributed by atoms with Crippen LogP contribution in [0.25, 0.3) is 5.69 Å². The highest BCUT2D eigenvalue weighted by atomic mass is 16.2. The number of piperidine rings is 2. The van der Waals surface area contributed by atoms with Gasteiger partial charge in [-0.2, -0.15) is 4.68 Å². The van der Waals surface area contributed by atoms with Crippen LogP contribution >= 0.6 is 0 Å². The Labute approximate surface area is 180 Å². The van der Waals surface area contributed by atoms with Gasteiger partial charge < -0.3 is 9.80 Å². The van der Waals surface area contributed by atoms with Crippen molar-refractivity contribution in [3.8, 4) is 5.69 Å². The number of aromatic nitrogens is 5. The van der Waals surface area contributed by atoms with Gasteiger partial charge in [0.05, 0.1) is 17.6 Å². The summed E-state index contributed by atoms with van der Waals surface area (Å²) in [6, 6.07) is 4.04. The molecular formula is C22H27N7O2. The van der Waals surface area contributed by atoms with Gasteiger partial charge in [-0.05, 0) is 73.7 Å². The van der Waals surface area contributed by atoms with E-state index in [1.165, 1.54) is 12.8 Å². The van der Waals surface area contributed by atoms with Gasteiger partial charge in [-0.1, -0.05) is 0 Å². The molecule has 2 saturated heterocycles. The number of nitrogens with zero attached hydrogens (tertiary/aromatic N) is 7. The van der Waals surface area contributed by atoms with Crippen LogP contribution in [0.15, 0.2) is 34.2 Å². The van der Waals surface area contributed by atoms with Gasteiger partial charge in [0.1, 0.15) is 6.33 Å². The summed E-state index contributed by atoms with van der Waals surface area (Å²) in [5.41, 5.74) is 3.06. The summed E-state index contributed by atoms with van der Waals surface area (Å²) in [6.07, 6.45) is 8.93. The van der Waals surface area contributed by atoms with E-state index >= 15 is 0 Å². The molecule has 9 heteroatoms. The SMILES string of the molecule is Cc1c(N2CCC3(CCN(CCc4ccc(-n5cnnn5)cn4)CC3)CC2)c(=O)c1=O. The predicted molar refractivity (Wildman–Crippen MR) is 116 cm³/mol. The lowest BCUT2D eigenvalue weighted by Crippen LogP contribution is -2.50. The Morgan fingerprint density at radius 2 is 1.74 bits per heavy atom. The summed E-state index contributed by atoms with van der Waals surface area (Å²) < 4.78 is 1.60. The number of hydrogen-bond acceptors (Lipinski definition) is 8. The summed E-state index contributed by atoms with van der Waals surface area (Å²) in [5.74, 6) is 0. The van der Waals surface area contributed by atoms with E-state index in [1.807, 2.05) is 18.3 Å². The van der Waals surface area contributed by atoms with Crippen LogP contribution in [-0.4, -0.2) is 62.8 Å². The lowest BCUT2D eigenvalue weighted by atomic mass is 9.71. The smallest absolute Gasteiger partial charge is 0.249 e. The molecule has 0 bridgehead atoms. The number of tetrazole rings is 1. The van der Waals surface area contributed by atoms with E-state index in [9.17, 15) is 9.59 Å². The van der Waals surface area contributed by atoms with Gasteiger partial charge in [0.2, 0.25) is 10.9 Å². The summed E-state index contributed by atoms with van der Waals surface area (Å²) in [4.78, 5) is 32.6. The average molecular weight is 422 g/mol. The number of hydrogen-bond donors (Lipinski definition) is 0. The summed E-state index contributed by atoms with van der Waals surface area (Å²) in [5, 5.41) is 11.2. The first kappa shape index (κ1) is 20.0. The van der Waals surface area contributed by atoms with Crippen LogP contribution in [0.2, 0.25) is 0 Å². The molecule has 0 radical (unpaired) electrons. The second kappa shape index (κ2) is 7.96. The van der Waals surface area contributed by atoms with Crippen LogP contribution in [0.3, 0.4) is 0 Å². The predicted octanol–water partition coefficient (Wildman–Crippen LogP) is 0.887. The van der Waals surface area contributed by atoms with Gasteiger partial charge in [-0.3, -0.25) is 14.6 Å². The first-order chi connectivity index (χ1) is 15.0. The fourth-order valence-electron chi connectivity index (χ4n) is 5.08. The molecule has 0 unspecified atom stereocenters. The number of likely N-dealkylation sites (tertiary alicyclic amines) is 1. The Morgan fingerprint density at radius 1 is 1.00 bits per heavy atom. The second-order valence-electron chi connectivity index (χ2n) is 8.97. The first-order valence-corrected chi connectivity index (χ1v) is 11.0. The van der Waals surface area contributed by atoms with Crippen molar-refractivity contribution in [3.05, 3.63) is 56.4 Å². The highest BCUT2D eigenvalue weighted by molar-refractivity contribution is 5.58. The van der Waals surface area contributed by atoms with Crippen molar-refractivity contribution in [2.24, 2.45) is 5.41 Å². The Morgan fingerprint density at radius 3 is 2.35 bits per heavy atom. The topological polar surface area (TPSA) is 97.1 Å². The molecule has 2 aromatic heterocycles.